The standard InChI is InChI=1S/C24H42O7/c1-3-23(2)21-30-19-17-28-15-13-26-11-9-25-10-12-27-14-16-29-18-20-31-22-24-7-5-4-6-8-24/h4-8,23H,3,9-22H2,1-2H3. The van der Waals surface area contributed by atoms with Crippen LogP contribution in [0.4, 0.5) is 0 Å². The highest BCUT2D eigenvalue weighted by Crippen LogP contribution is 2.00. The molecular weight excluding hydrogens is 400 g/mol. The average molecular weight is 443 g/mol. The Morgan fingerprint density at radius 1 is 0.548 bits per heavy atom. The fraction of sp³-hybridized carbons (Fsp3) is 0.750. The van der Waals surface area contributed by atoms with Crippen LogP contribution in [0.25, 0.3) is 0 Å². The fourth-order valence-electron chi connectivity index (χ4n) is 2.38. The van der Waals surface area contributed by atoms with Gasteiger partial charge in [0.05, 0.1) is 85.9 Å². The summed E-state index contributed by atoms with van der Waals surface area (Å²) in [6.45, 7) is 12.6. The summed E-state index contributed by atoms with van der Waals surface area (Å²) in [6, 6.07) is 10.1. The van der Waals surface area contributed by atoms with Crippen LogP contribution in [0, 0.1) is 5.92 Å². The summed E-state index contributed by atoms with van der Waals surface area (Å²) in [5.41, 5.74) is 1.17. The fourth-order valence-corrected chi connectivity index (χ4v) is 2.38. The second-order valence-electron chi connectivity index (χ2n) is 7.19. The van der Waals surface area contributed by atoms with Crippen molar-refractivity contribution in [2.45, 2.75) is 26.9 Å². The van der Waals surface area contributed by atoms with Crippen molar-refractivity contribution in [3.63, 3.8) is 0 Å². The van der Waals surface area contributed by atoms with E-state index in [1.807, 2.05) is 30.3 Å². The first-order valence-electron chi connectivity index (χ1n) is 11.4. The lowest BCUT2D eigenvalue weighted by atomic mass is 10.1. The quantitative estimate of drug-likeness (QED) is 0.241. The van der Waals surface area contributed by atoms with E-state index in [9.17, 15) is 0 Å². The third-order valence-electron chi connectivity index (χ3n) is 4.44. The lowest BCUT2D eigenvalue weighted by molar-refractivity contribution is -0.0220. The molecule has 1 aromatic rings. The minimum absolute atomic E-state index is 0.549. The Labute approximate surface area is 188 Å². The van der Waals surface area contributed by atoms with Crippen LogP contribution in [0.3, 0.4) is 0 Å². The molecule has 0 heterocycles. The molecule has 0 spiro atoms. The molecule has 7 nitrogen and oxygen atoms in total. The number of rotatable bonds is 23. The summed E-state index contributed by atoms with van der Waals surface area (Å²) in [5.74, 6) is 0.609. The van der Waals surface area contributed by atoms with Crippen LogP contribution in [0.1, 0.15) is 25.8 Å². The van der Waals surface area contributed by atoms with Crippen LogP contribution in [-0.4, -0.2) is 85.9 Å². The number of hydrogen-bond donors (Lipinski definition) is 0. The van der Waals surface area contributed by atoms with Gasteiger partial charge in [0.25, 0.3) is 0 Å². The van der Waals surface area contributed by atoms with E-state index in [0.29, 0.717) is 91.8 Å². The Balaban J connectivity index is 1.66. The van der Waals surface area contributed by atoms with Gasteiger partial charge in [0.15, 0.2) is 0 Å². The zero-order chi connectivity index (χ0) is 22.2. The van der Waals surface area contributed by atoms with E-state index >= 15 is 0 Å². The van der Waals surface area contributed by atoms with Gasteiger partial charge in [-0.05, 0) is 11.5 Å². The normalized spacial score (nSPS) is 12.3. The first-order valence-corrected chi connectivity index (χ1v) is 11.4. The van der Waals surface area contributed by atoms with Crippen molar-refractivity contribution in [2.24, 2.45) is 5.92 Å². The van der Waals surface area contributed by atoms with E-state index in [2.05, 4.69) is 13.8 Å². The Morgan fingerprint density at radius 2 is 0.935 bits per heavy atom. The smallest absolute Gasteiger partial charge is 0.0718 e. The molecule has 0 aliphatic carbocycles. The van der Waals surface area contributed by atoms with Crippen LogP contribution in [0.2, 0.25) is 0 Å². The van der Waals surface area contributed by atoms with Gasteiger partial charge in [-0.1, -0.05) is 50.6 Å². The maximum absolute atomic E-state index is 5.55. The molecule has 1 rings (SSSR count). The minimum atomic E-state index is 0.549. The third kappa shape index (κ3) is 19.4. The van der Waals surface area contributed by atoms with Crippen LogP contribution >= 0.6 is 0 Å². The van der Waals surface area contributed by atoms with Gasteiger partial charge in [-0.25, -0.2) is 0 Å². The molecule has 0 aliphatic rings. The number of benzene rings is 1. The van der Waals surface area contributed by atoms with Gasteiger partial charge < -0.3 is 33.2 Å². The Kier molecular flexibility index (Phi) is 20.0. The molecule has 0 saturated carbocycles. The van der Waals surface area contributed by atoms with Gasteiger partial charge in [0.1, 0.15) is 0 Å². The SMILES string of the molecule is CCC(C)COCCOCCOCCOCCOCCOCCOCc1ccccc1. The Hall–Kier alpha value is -1.06. The van der Waals surface area contributed by atoms with Crippen molar-refractivity contribution in [1.82, 2.24) is 0 Å². The van der Waals surface area contributed by atoms with Gasteiger partial charge in [-0.15, -0.1) is 0 Å². The van der Waals surface area contributed by atoms with Gasteiger partial charge in [-0.3, -0.25) is 0 Å². The largest absolute Gasteiger partial charge is 0.379 e. The van der Waals surface area contributed by atoms with Crippen molar-refractivity contribution in [2.75, 3.05) is 85.9 Å². The van der Waals surface area contributed by atoms with Crippen molar-refractivity contribution in [3.8, 4) is 0 Å². The second kappa shape index (κ2) is 22.1. The minimum Gasteiger partial charge on any atom is -0.379 e. The Bertz CT molecular complexity index is 472. The molecule has 31 heavy (non-hydrogen) atoms. The summed E-state index contributed by atoms with van der Waals surface area (Å²) < 4.78 is 38.4. The molecule has 180 valence electrons. The van der Waals surface area contributed by atoms with E-state index in [4.69, 9.17) is 33.2 Å². The Morgan fingerprint density at radius 3 is 1.35 bits per heavy atom. The van der Waals surface area contributed by atoms with Crippen molar-refractivity contribution in [3.05, 3.63) is 35.9 Å². The highest BCUT2D eigenvalue weighted by atomic mass is 16.6. The van der Waals surface area contributed by atoms with Gasteiger partial charge >= 0.3 is 0 Å². The van der Waals surface area contributed by atoms with Gasteiger partial charge in [0.2, 0.25) is 0 Å². The molecule has 7 heteroatoms. The average Bonchev–Trinajstić information content (AvgIpc) is 2.80. The molecule has 0 amide bonds. The van der Waals surface area contributed by atoms with Gasteiger partial charge in [0, 0.05) is 6.61 Å². The van der Waals surface area contributed by atoms with E-state index in [1.165, 1.54) is 5.56 Å². The molecule has 0 N–H and O–H groups in total. The maximum atomic E-state index is 5.55. The number of hydrogen-bond acceptors (Lipinski definition) is 7. The molecule has 1 unspecified atom stereocenters. The lowest BCUT2D eigenvalue weighted by Gasteiger charge is -2.10. The summed E-state index contributed by atoms with van der Waals surface area (Å²) in [6.07, 6.45) is 1.14. The number of ether oxygens (including phenoxy) is 7. The van der Waals surface area contributed by atoms with E-state index in [-0.39, 0.29) is 0 Å². The summed E-state index contributed by atoms with van der Waals surface area (Å²) in [4.78, 5) is 0. The van der Waals surface area contributed by atoms with E-state index < -0.39 is 0 Å². The first-order chi connectivity index (χ1) is 15.3. The van der Waals surface area contributed by atoms with Crippen LogP contribution in [-0.2, 0) is 39.8 Å². The van der Waals surface area contributed by atoms with Crippen molar-refractivity contribution >= 4 is 0 Å². The monoisotopic (exact) mass is 442 g/mol. The van der Waals surface area contributed by atoms with Crippen LogP contribution in [0.5, 0.6) is 0 Å². The predicted molar refractivity (Wildman–Crippen MR) is 120 cm³/mol. The molecule has 1 aromatic carbocycles. The summed E-state index contributed by atoms with van der Waals surface area (Å²) in [5, 5.41) is 0. The summed E-state index contributed by atoms with van der Waals surface area (Å²) >= 11 is 0. The molecular formula is C24H42O7. The maximum Gasteiger partial charge on any atom is 0.0718 e. The molecule has 0 fully saturated rings. The first kappa shape index (κ1) is 28.0. The van der Waals surface area contributed by atoms with E-state index in [1.54, 1.807) is 0 Å². The van der Waals surface area contributed by atoms with Crippen molar-refractivity contribution < 1.29 is 33.2 Å². The van der Waals surface area contributed by atoms with Crippen LogP contribution < -0.4 is 0 Å². The lowest BCUT2D eigenvalue weighted by Crippen LogP contribution is -2.15. The third-order valence-corrected chi connectivity index (χ3v) is 4.44. The second-order valence-corrected chi connectivity index (χ2v) is 7.19. The van der Waals surface area contributed by atoms with Crippen molar-refractivity contribution in [1.29, 1.82) is 0 Å². The molecule has 1 atom stereocenters. The van der Waals surface area contributed by atoms with Gasteiger partial charge in [-0.2, -0.15) is 0 Å². The molecule has 0 bridgehead atoms. The zero-order valence-corrected chi connectivity index (χ0v) is 19.4. The topological polar surface area (TPSA) is 64.6 Å². The molecule has 0 aliphatic heterocycles. The molecule has 0 saturated heterocycles. The van der Waals surface area contributed by atoms with E-state index in [0.717, 1.165) is 13.0 Å². The predicted octanol–water partition coefficient (Wildman–Crippen LogP) is 3.35. The highest BCUT2D eigenvalue weighted by molar-refractivity contribution is 5.13. The summed E-state index contributed by atoms with van der Waals surface area (Å²) in [7, 11) is 0. The molecule has 0 aromatic heterocycles. The zero-order valence-electron chi connectivity index (χ0n) is 19.4. The highest BCUT2D eigenvalue weighted by Gasteiger charge is 1.98. The van der Waals surface area contributed by atoms with Crippen LogP contribution in [0.15, 0.2) is 30.3 Å². The molecule has 0 radical (unpaired) electrons.